The van der Waals surface area contributed by atoms with Gasteiger partial charge < -0.3 is 23.7 Å². The second kappa shape index (κ2) is 10.9. The summed E-state index contributed by atoms with van der Waals surface area (Å²) in [7, 11) is 6.17. The van der Waals surface area contributed by atoms with Gasteiger partial charge in [-0.2, -0.15) is 0 Å². The molecule has 1 aliphatic rings. The van der Waals surface area contributed by atoms with E-state index in [4.69, 9.17) is 23.7 Å². The molecule has 194 valence electrons. The Morgan fingerprint density at radius 2 is 1.76 bits per heavy atom. The van der Waals surface area contributed by atoms with Crippen LogP contribution in [0.2, 0.25) is 0 Å². The van der Waals surface area contributed by atoms with E-state index in [0.29, 0.717) is 49.2 Å². The third-order valence-corrected chi connectivity index (χ3v) is 6.94. The number of thiazole rings is 1. The van der Waals surface area contributed by atoms with Crippen molar-refractivity contribution in [3.8, 4) is 23.0 Å². The minimum absolute atomic E-state index is 0.189. The van der Waals surface area contributed by atoms with Crippen LogP contribution in [0, 0.1) is 0 Å². The van der Waals surface area contributed by atoms with Gasteiger partial charge >= 0.3 is 5.97 Å². The topological polar surface area (TPSA) is 97.6 Å². The monoisotopic (exact) mass is 524 g/mol. The van der Waals surface area contributed by atoms with Gasteiger partial charge in [-0.05, 0) is 43.7 Å². The Bertz CT molecular complexity index is 1550. The Morgan fingerprint density at radius 3 is 2.41 bits per heavy atom. The van der Waals surface area contributed by atoms with Gasteiger partial charge in [0.2, 0.25) is 0 Å². The first kappa shape index (κ1) is 26.0. The van der Waals surface area contributed by atoms with Crippen molar-refractivity contribution in [1.29, 1.82) is 0 Å². The van der Waals surface area contributed by atoms with Crippen LogP contribution >= 0.6 is 11.3 Å². The van der Waals surface area contributed by atoms with Gasteiger partial charge in [-0.15, -0.1) is 0 Å². The highest BCUT2D eigenvalue weighted by atomic mass is 32.1. The fourth-order valence-electron chi connectivity index (χ4n) is 4.30. The number of carbonyl (C=O) groups excluding carboxylic acids is 1. The number of rotatable bonds is 8. The van der Waals surface area contributed by atoms with E-state index in [1.54, 1.807) is 65.5 Å². The summed E-state index contributed by atoms with van der Waals surface area (Å²) in [5.74, 6) is 1.53. The van der Waals surface area contributed by atoms with E-state index in [-0.39, 0.29) is 17.7 Å². The van der Waals surface area contributed by atoms with Crippen LogP contribution in [0.5, 0.6) is 23.0 Å². The Balaban J connectivity index is 1.99. The van der Waals surface area contributed by atoms with E-state index in [9.17, 15) is 9.59 Å². The number of para-hydroxylation sites is 1. The van der Waals surface area contributed by atoms with Crippen molar-refractivity contribution in [2.45, 2.75) is 19.9 Å². The SMILES string of the molecule is CCOC(=O)C1=C(C)N=c2s/c(=C\c3cccc(OC)c3OC)c(=O)n2C1c1ccc(OC)c(OC)c1. The molecule has 37 heavy (non-hydrogen) atoms. The molecule has 2 aromatic carbocycles. The predicted molar refractivity (Wildman–Crippen MR) is 139 cm³/mol. The third kappa shape index (κ3) is 4.72. The highest BCUT2D eigenvalue weighted by Gasteiger charge is 2.34. The van der Waals surface area contributed by atoms with Gasteiger partial charge in [-0.3, -0.25) is 9.36 Å². The second-order valence-electron chi connectivity index (χ2n) is 8.00. The maximum atomic E-state index is 13.8. The van der Waals surface area contributed by atoms with Crippen LogP contribution in [0.3, 0.4) is 0 Å². The summed E-state index contributed by atoms with van der Waals surface area (Å²) in [5, 5.41) is 0. The second-order valence-corrected chi connectivity index (χ2v) is 9.01. The standard InChI is InChI=1S/C27H28N2O7S/c1-7-36-26(31)22-15(2)28-27-29(23(22)16-11-12-18(32-3)20(13-16)34-5)25(30)21(37-27)14-17-9-8-10-19(33-4)24(17)35-6/h8-14,23H,7H2,1-6H3/b21-14-. The highest BCUT2D eigenvalue weighted by molar-refractivity contribution is 7.07. The number of ether oxygens (including phenoxy) is 5. The molecule has 0 spiro atoms. The number of methoxy groups -OCH3 is 4. The fourth-order valence-corrected chi connectivity index (χ4v) is 5.33. The van der Waals surface area contributed by atoms with Crippen molar-refractivity contribution in [1.82, 2.24) is 4.57 Å². The maximum Gasteiger partial charge on any atom is 0.338 e. The normalized spacial score (nSPS) is 15.1. The van der Waals surface area contributed by atoms with Crippen molar-refractivity contribution < 1.29 is 28.5 Å². The Hall–Kier alpha value is -4.05. The van der Waals surface area contributed by atoms with E-state index >= 15 is 0 Å². The van der Waals surface area contributed by atoms with Crippen LogP contribution in [0.1, 0.15) is 31.0 Å². The lowest BCUT2D eigenvalue weighted by Crippen LogP contribution is -2.40. The first-order valence-electron chi connectivity index (χ1n) is 11.5. The summed E-state index contributed by atoms with van der Waals surface area (Å²) in [6, 6.07) is 9.95. The number of fused-ring (bicyclic) bond motifs is 1. The zero-order valence-electron chi connectivity index (χ0n) is 21.5. The zero-order valence-corrected chi connectivity index (χ0v) is 22.3. The number of hydrogen-bond donors (Lipinski definition) is 0. The lowest BCUT2D eigenvalue weighted by molar-refractivity contribution is -0.139. The maximum absolute atomic E-state index is 13.8. The first-order valence-corrected chi connectivity index (χ1v) is 12.3. The molecule has 10 heteroatoms. The van der Waals surface area contributed by atoms with Crippen molar-refractivity contribution in [3.05, 3.63) is 78.5 Å². The number of nitrogens with zero attached hydrogens (tertiary/aromatic N) is 2. The minimum atomic E-state index is -0.774. The van der Waals surface area contributed by atoms with Crippen molar-refractivity contribution in [2.24, 2.45) is 4.99 Å². The van der Waals surface area contributed by atoms with Crippen LogP contribution in [0.25, 0.3) is 6.08 Å². The number of benzene rings is 2. The molecule has 2 heterocycles. The molecule has 4 rings (SSSR count). The molecular formula is C27H28N2O7S. The van der Waals surface area contributed by atoms with Gasteiger partial charge in [0.1, 0.15) is 0 Å². The molecule has 0 fully saturated rings. The van der Waals surface area contributed by atoms with E-state index in [1.807, 2.05) is 12.1 Å². The molecule has 0 saturated heterocycles. The van der Waals surface area contributed by atoms with Crippen LogP contribution < -0.4 is 33.8 Å². The summed E-state index contributed by atoms with van der Waals surface area (Å²) in [4.78, 5) is 32.0. The van der Waals surface area contributed by atoms with Gasteiger partial charge in [0.25, 0.3) is 5.56 Å². The number of esters is 1. The summed E-state index contributed by atoms with van der Waals surface area (Å²) in [6.07, 6.45) is 1.74. The zero-order chi connectivity index (χ0) is 26.7. The predicted octanol–water partition coefficient (Wildman–Crippen LogP) is 2.83. The summed E-state index contributed by atoms with van der Waals surface area (Å²) in [5.41, 5.74) is 1.79. The molecule has 1 aliphatic heterocycles. The van der Waals surface area contributed by atoms with Gasteiger partial charge in [0, 0.05) is 5.56 Å². The largest absolute Gasteiger partial charge is 0.493 e. The van der Waals surface area contributed by atoms with Crippen LogP contribution in [-0.4, -0.2) is 45.6 Å². The van der Waals surface area contributed by atoms with Crippen molar-refractivity contribution >= 4 is 23.4 Å². The van der Waals surface area contributed by atoms with E-state index in [1.165, 1.54) is 23.0 Å². The molecule has 0 aliphatic carbocycles. The number of hydrogen-bond acceptors (Lipinski definition) is 9. The Labute approximate surface area is 217 Å². The van der Waals surface area contributed by atoms with Crippen LogP contribution in [-0.2, 0) is 9.53 Å². The Kier molecular flexibility index (Phi) is 7.68. The number of allylic oxidation sites excluding steroid dienone is 1. The van der Waals surface area contributed by atoms with Crippen molar-refractivity contribution in [3.63, 3.8) is 0 Å². The number of aromatic nitrogens is 1. The average molecular weight is 525 g/mol. The van der Waals surface area contributed by atoms with Gasteiger partial charge in [-0.25, -0.2) is 9.79 Å². The molecule has 0 radical (unpaired) electrons. The molecule has 3 aromatic rings. The lowest BCUT2D eigenvalue weighted by atomic mass is 9.95. The highest BCUT2D eigenvalue weighted by Crippen LogP contribution is 2.36. The lowest BCUT2D eigenvalue weighted by Gasteiger charge is -2.25. The molecular weight excluding hydrogens is 496 g/mol. The van der Waals surface area contributed by atoms with E-state index in [2.05, 4.69) is 4.99 Å². The van der Waals surface area contributed by atoms with E-state index in [0.717, 1.165) is 0 Å². The summed E-state index contributed by atoms with van der Waals surface area (Å²) >= 11 is 1.23. The molecule has 0 N–H and O–H groups in total. The molecule has 1 aromatic heterocycles. The fraction of sp³-hybridized carbons (Fsp3) is 0.296. The summed E-state index contributed by atoms with van der Waals surface area (Å²) in [6.45, 7) is 3.66. The summed E-state index contributed by atoms with van der Waals surface area (Å²) < 4.78 is 29.1. The molecule has 1 atom stereocenters. The van der Waals surface area contributed by atoms with Crippen molar-refractivity contribution in [2.75, 3.05) is 35.0 Å². The molecule has 0 amide bonds. The Morgan fingerprint density at radius 1 is 1.03 bits per heavy atom. The van der Waals surface area contributed by atoms with E-state index < -0.39 is 12.0 Å². The first-order chi connectivity index (χ1) is 17.9. The average Bonchev–Trinajstić information content (AvgIpc) is 3.21. The minimum Gasteiger partial charge on any atom is -0.493 e. The van der Waals surface area contributed by atoms with Gasteiger partial charge in [0.15, 0.2) is 27.8 Å². The van der Waals surface area contributed by atoms with Gasteiger partial charge in [0.05, 0.1) is 56.9 Å². The van der Waals surface area contributed by atoms with Gasteiger partial charge in [-0.1, -0.05) is 29.5 Å². The molecule has 1 unspecified atom stereocenters. The molecule has 9 nitrogen and oxygen atoms in total. The molecule has 0 bridgehead atoms. The third-order valence-electron chi connectivity index (χ3n) is 5.96. The van der Waals surface area contributed by atoms with Crippen LogP contribution in [0.4, 0.5) is 0 Å². The molecule has 0 saturated carbocycles. The number of carbonyl (C=O) groups is 1. The smallest absolute Gasteiger partial charge is 0.338 e. The quantitative estimate of drug-likeness (QED) is 0.418. The van der Waals surface area contributed by atoms with Crippen LogP contribution in [0.15, 0.2) is 57.5 Å².